The molecule has 2 aromatic carbocycles. The second-order valence-electron chi connectivity index (χ2n) is 4.72. The van der Waals surface area contributed by atoms with Gasteiger partial charge >= 0.3 is 0 Å². The average Bonchev–Trinajstić information content (AvgIpc) is 2.41. The molecule has 0 spiro atoms. The molecule has 1 nitrogen and oxygen atoms in total. The highest BCUT2D eigenvalue weighted by Gasteiger charge is 2.09. The minimum atomic E-state index is -0.431. The molecule has 0 fully saturated rings. The lowest BCUT2D eigenvalue weighted by molar-refractivity contribution is 0.200. The molecule has 1 unspecified atom stereocenters. The molecule has 0 aliphatic heterocycles. The lowest BCUT2D eigenvalue weighted by atomic mass is 10.1. The Labute approximate surface area is 133 Å². The molecular weight excluding hydrogens is 311 g/mol. The summed E-state index contributed by atoms with van der Waals surface area (Å²) >= 11 is 13.6. The highest BCUT2D eigenvalue weighted by Crippen LogP contribution is 2.24. The summed E-state index contributed by atoms with van der Waals surface area (Å²) in [5.41, 5.74) is 2.16. The van der Waals surface area contributed by atoms with Crippen molar-refractivity contribution in [3.8, 4) is 0 Å². The zero-order valence-electron chi connectivity index (χ0n) is 11.1. The van der Waals surface area contributed by atoms with Gasteiger partial charge in [-0.15, -0.1) is 11.8 Å². The molecule has 1 atom stereocenters. The average molecular weight is 327 g/mol. The Bertz CT molecular complexity index is 569. The SMILES string of the molecule is Cc1ccc(SCC(O)Cc2ccc(Cl)cc2Cl)cc1. The fourth-order valence-corrected chi connectivity index (χ4v) is 3.14. The Morgan fingerprint density at radius 1 is 1.10 bits per heavy atom. The van der Waals surface area contributed by atoms with Gasteiger partial charge in [-0.1, -0.05) is 47.0 Å². The molecule has 20 heavy (non-hydrogen) atoms. The molecule has 0 aliphatic rings. The van der Waals surface area contributed by atoms with Gasteiger partial charge in [0.25, 0.3) is 0 Å². The van der Waals surface area contributed by atoms with E-state index in [4.69, 9.17) is 23.2 Å². The summed E-state index contributed by atoms with van der Waals surface area (Å²) in [6.07, 6.45) is 0.106. The normalized spacial score (nSPS) is 12.4. The minimum absolute atomic E-state index is 0.431. The predicted molar refractivity (Wildman–Crippen MR) is 88.1 cm³/mol. The smallest absolute Gasteiger partial charge is 0.0674 e. The summed E-state index contributed by atoms with van der Waals surface area (Å²) in [5, 5.41) is 11.3. The topological polar surface area (TPSA) is 20.2 Å². The fraction of sp³-hybridized carbons (Fsp3) is 0.250. The third kappa shape index (κ3) is 4.71. The van der Waals surface area contributed by atoms with Gasteiger partial charge in [0.1, 0.15) is 0 Å². The van der Waals surface area contributed by atoms with E-state index in [1.807, 2.05) is 6.07 Å². The van der Waals surface area contributed by atoms with Crippen molar-refractivity contribution in [1.82, 2.24) is 0 Å². The summed E-state index contributed by atoms with van der Waals surface area (Å²) in [5.74, 6) is 0.641. The van der Waals surface area contributed by atoms with E-state index in [1.54, 1.807) is 23.9 Å². The fourth-order valence-electron chi connectivity index (χ4n) is 1.83. The predicted octanol–water partition coefficient (Wildman–Crippen LogP) is 5.00. The van der Waals surface area contributed by atoms with Crippen molar-refractivity contribution in [1.29, 1.82) is 0 Å². The molecule has 0 aliphatic carbocycles. The van der Waals surface area contributed by atoms with Crippen LogP contribution in [0, 0.1) is 6.92 Å². The largest absolute Gasteiger partial charge is 0.392 e. The van der Waals surface area contributed by atoms with Crippen LogP contribution in [0.3, 0.4) is 0 Å². The van der Waals surface area contributed by atoms with E-state index in [2.05, 4.69) is 31.2 Å². The summed E-state index contributed by atoms with van der Waals surface area (Å²) < 4.78 is 0. The van der Waals surface area contributed by atoms with Crippen LogP contribution in [0.5, 0.6) is 0 Å². The maximum atomic E-state index is 10.1. The highest BCUT2D eigenvalue weighted by atomic mass is 35.5. The Kier molecular flexibility index (Phi) is 5.79. The van der Waals surface area contributed by atoms with E-state index in [1.165, 1.54) is 5.56 Å². The highest BCUT2D eigenvalue weighted by molar-refractivity contribution is 7.99. The number of thioether (sulfide) groups is 1. The molecule has 0 saturated carbocycles. The van der Waals surface area contributed by atoms with Crippen molar-refractivity contribution in [2.45, 2.75) is 24.3 Å². The molecule has 1 N–H and O–H groups in total. The van der Waals surface area contributed by atoms with Gasteiger partial charge in [-0.3, -0.25) is 0 Å². The van der Waals surface area contributed by atoms with E-state index in [9.17, 15) is 5.11 Å². The van der Waals surface area contributed by atoms with Crippen LogP contribution in [0.4, 0.5) is 0 Å². The maximum Gasteiger partial charge on any atom is 0.0674 e. The number of rotatable bonds is 5. The van der Waals surface area contributed by atoms with E-state index in [0.29, 0.717) is 22.2 Å². The molecule has 4 heteroatoms. The van der Waals surface area contributed by atoms with Crippen molar-refractivity contribution >= 4 is 35.0 Å². The van der Waals surface area contributed by atoms with Crippen LogP contribution in [0.15, 0.2) is 47.4 Å². The van der Waals surface area contributed by atoms with Crippen LogP contribution in [0.25, 0.3) is 0 Å². The molecule has 2 rings (SSSR count). The number of aliphatic hydroxyl groups excluding tert-OH is 1. The van der Waals surface area contributed by atoms with Crippen molar-refractivity contribution < 1.29 is 5.11 Å². The van der Waals surface area contributed by atoms with E-state index >= 15 is 0 Å². The van der Waals surface area contributed by atoms with Gasteiger partial charge in [0, 0.05) is 27.1 Å². The third-order valence-corrected chi connectivity index (χ3v) is 4.68. The number of aliphatic hydroxyl groups is 1. The molecule has 0 bridgehead atoms. The first kappa shape index (κ1) is 15.7. The first-order valence-electron chi connectivity index (χ1n) is 6.36. The molecular formula is C16H16Cl2OS. The monoisotopic (exact) mass is 326 g/mol. The summed E-state index contributed by atoms with van der Waals surface area (Å²) in [6.45, 7) is 2.06. The van der Waals surface area contributed by atoms with Gasteiger partial charge in [0.15, 0.2) is 0 Å². The Hall–Kier alpha value is -0.670. The van der Waals surface area contributed by atoms with Crippen LogP contribution in [-0.4, -0.2) is 17.0 Å². The van der Waals surface area contributed by atoms with Crippen molar-refractivity contribution in [2.75, 3.05) is 5.75 Å². The molecule has 2 aromatic rings. The van der Waals surface area contributed by atoms with Gasteiger partial charge in [-0.25, -0.2) is 0 Å². The quantitative estimate of drug-likeness (QED) is 0.780. The van der Waals surface area contributed by atoms with Crippen molar-refractivity contribution in [3.63, 3.8) is 0 Å². The summed E-state index contributed by atoms with van der Waals surface area (Å²) in [6, 6.07) is 13.7. The lowest BCUT2D eigenvalue weighted by Crippen LogP contribution is -2.13. The molecule has 0 amide bonds. The second kappa shape index (κ2) is 7.37. The zero-order valence-corrected chi connectivity index (χ0v) is 13.5. The Morgan fingerprint density at radius 2 is 1.80 bits per heavy atom. The van der Waals surface area contributed by atoms with Gasteiger partial charge < -0.3 is 5.11 Å². The summed E-state index contributed by atoms with van der Waals surface area (Å²) in [4.78, 5) is 1.16. The molecule has 0 aromatic heterocycles. The van der Waals surface area contributed by atoms with Crippen LogP contribution < -0.4 is 0 Å². The van der Waals surface area contributed by atoms with Gasteiger partial charge in [0.05, 0.1) is 6.10 Å². The number of aryl methyl sites for hydroxylation is 1. The number of hydrogen-bond donors (Lipinski definition) is 1. The number of halogens is 2. The second-order valence-corrected chi connectivity index (χ2v) is 6.65. The van der Waals surface area contributed by atoms with E-state index in [0.717, 1.165) is 10.5 Å². The summed E-state index contributed by atoms with van der Waals surface area (Å²) in [7, 11) is 0. The van der Waals surface area contributed by atoms with Gasteiger partial charge in [-0.05, 0) is 36.8 Å². The zero-order chi connectivity index (χ0) is 14.5. The molecule has 0 heterocycles. The Balaban J connectivity index is 1.89. The van der Waals surface area contributed by atoms with Crippen LogP contribution in [-0.2, 0) is 6.42 Å². The van der Waals surface area contributed by atoms with Crippen LogP contribution >= 0.6 is 35.0 Å². The van der Waals surface area contributed by atoms with Gasteiger partial charge in [-0.2, -0.15) is 0 Å². The third-order valence-electron chi connectivity index (χ3n) is 2.93. The standard InChI is InChI=1S/C16H16Cl2OS/c1-11-2-6-15(7-3-11)20-10-14(19)8-12-4-5-13(17)9-16(12)18/h2-7,9,14,19H,8,10H2,1H3. The molecule has 0 radical (unpaired) electrons. The van der Waals surface area contributed by atoms with Crippen molar-refractivity contribution in [2.24, 2.45) is 0 Å². The molecule has 106 valence electrons. The van der Waals surface area contributed by atoms with Gasteiger partial charge in [0.2, 0.25) is 0 Å². The first-order valence-corrected chi connectivity index (χ1v) is 8.10. The maximum absolute atomic E-state index is 10.1. The Morgan fingerprint density at radius 3 is 2.45 bits per heavy atom. The number of benzene rings is 2. The van der Waals surface area contributed by atoms with E-state index < -0.39 is 6.10 Å². The molecule has 0 saturated heterocycles. The first-order chi connectivity index (χ1) is 9.54. The van der Waals surface area contributed by atoms with Crippen LogP contribution in [0.1, 0.15) is 11.1 Å². The number of hydrogen-bond acceptors (Lipinski definition) is 2. The minimum Gasteiger partial charge on any atom is -0.392 e. The van der Waals surface area contributed by atoms with Crippen molar-refractivity contribution in [3.05, 3.63) is 63.6 Å². The van der Waals surface area contributed by atoms with E-state index in [-0.39, 0.29) is 0 Å². The van der Waals surface area contributed by atoms with Crippen LogP contribution in [0.2, 0.25) is 10.0 Å². The lowest BCUT2D eigenvalue weighted by Gasteiger charge is -2.12.